The highest BCUT2D eigenvalue weighted by atomic mass is 16.5. The van der Waals surface area contributed by atoms with E-state index in [-0.39, 0.29) is 5.91 Å². The van der Waals surface area contributed by atoms with Crippen molar-refractivity contribution >= 4 is 5.91 Å². The fourth-order valence-electron chi connectivity index (χ4n) is 4.71. The summed E-state index contributed by atoms with van der Waals surface area (Å²) in [5, 5.41) is 3.04. The Labute approximate surface area is 193 Å². The quantitative estimate of drug-likeness (QED) is 0.625. The van der Waals surface area contributed by atoms with E-state index in [0.717, 1.165) is 55.3 Å². The molecule has 0 saturated carbocycles. The zero-order valence-corrected chi connectivity index (χ0v) is 18.8. The number of methoxy groups -OCH3 is 1. The second kappa shape index (κ2) is 9.33. The van der Waals surface area contributed by atoms with Crippen molar-refractivity contribution in [2.24, 2.45) is 0 Å². The number of piperidine rings is 1. The highest BCUT2D eigenvalue weighted by Gasteiger charge is 2.47. The molecule has 1 N–H and O–H groups in total. The summed E-state index contributed by atoms with van der Waals surface area (Å²) in [6, 6.07) is 13.7. The van der Waals surface area contributed by atoms with Gasteiger partial charge in [-0.3, -0.25) is 14.7 Å². The van der Waals surface area contributed by atoms with Gasteiger partial charge in [-0.15, -0.1) is 0 Å². The fourth-order valence-corrected chi connectivity index (χ4v) is 4.71. The predicted molar refractivity (Wildman–Crippen MR) is 122 cm³/mol. The SMILES string of the molecule is COc1ccc(CNC(=O)[C@@H]2Cn3ccnc3C3(CCN(Cc4ccccn4)CC3)O2)cc1. The summed E-state index contributed by atoms with van der Waals surface area (Å²) in [5.41, 5.74) is 1.54. The second-order valence-corrected chi connectivity index (χ2v) is 8.67. The molecule has 1 amide bonds. The molecule has 2 aliphatic heterocycles. The molecule has 4 heterocycles. The molecule has 0 radical (unpaired) electrons. The van der Waals surface area contributed by atoms with Crippen LogP contribution in [0.2, 0.25) is 0 Å². The zero-order chi connectivity index (χ0) is 22.7. The summed E-state index contributed by atoms with van der Waals surface area (Å²) < 4.78 is 13.8. The number of aromatic nitrogens is 3. The number of amides is 1. The van der Waals surface area contributed by atoms with E-state index in [4.69, 9.17) is 9.47 Å². The molecule has 0 unspecified atom stereocenters. The Balaban J connectivity index is 1.24. The molecule has 5 rings (SSSR count). The normalized spacial score (nSPS) is 19.7. The van der Waals surface area contributed by atoms with E-state index >= 15 is 0 Å². The fraction of sp³-hybridized carbons (Fsp3) is 0.400. The number of likely N-dealkylation sites (tertiary alicyclic amines) is 1. The smallest absolute Gasteiger partial charge is 0.251 e. The first-order valence-electron chi connectivity index (χ1n) is 11.4. The highest BCUT2D eigenvalue weighted by Crippen LogP contribution is 2.40. The third-order valence-corrected chi connectivity index (χ3v) is 6.55. The van der Waals surface area contributed by atoms with Crippen molar-refractivity contribution in [1.82, 2.24) is 24.8 Å². The number of pyridine rings is 1. The largest absolute Gasteiger partial charge is 0.497 e. The number of imidazole rings is 1. The van der Waals surface area contributed by atoms with Gasteiger partial charge in [0, 0.05) is 44.8 Å². The van der Waals surface area contributed by atoms with Crippen LogP contribution in [0.25, 0.3) is 0 Å². The van der Waals surface area contributed by atoms with Crippen LogP contribution in [0, 0.1) is 0 Å². The van der Waals surface area contributed by atoms with Crippen molar-refractivity contribution in [2.75, 3.05) is 20.2 Å². The van der Waals surface area contributed by atoms with Crippen LogP contribution in [0.3, 0.4) is 0 Å². The van der Waals surface area contributed by atoms with Crippen molar-refractivity contribution in [3.05, 3.63) is 78.1 Å². The lowest BCUT2D eigenvalue weighted by Crippen LogP contribution is -2.53. The topological polar surface area (TPSA) is 81.5 Å². The second-order valence-electron chi connectivity index (χ2n) is 8.67. The number of hydrogen-bond donors (Lipinski definition) is 1. The van der Waals surface area contributed by atoms with Crippen LogP contribution in [-0.2, 0) is 34.8 Å². The van der Waals surface area contributed by atoms with Gasteiger partial charge < -0.3 is 19.4 Å². The molecule has 1 saturated heterocycles. The van der Waals surface area contributed by atoms with Crippen molar-refractivity contribution in [2.45, 2.75) is 44.2 Å². The van der Waals surface area contributed by atoms with Gasteiger partial charge in [-0.2, -0.15) is 0 Å². The number of carbonyl (C=O) groups excluding carboxylic acids is 1. The third kappa shape index (κ3) is 4.62. The summed E-state index contributed by atoms with van der Waals surface area (Å²) in [5.74, 6) is 1.63. The molecule has 8 heteroatoms. The average Bonchev–Trinajstić information content (AvgIpc) is 3.35. The number of benzene rings is 1. The van der Waals surface area contributed by atoms with E-state index in [9.17, 15) is 4.79 Å². The summed E-state index contributed by atoms with van der Waals surface area (Å²) in [4.78, 5) is 24.5. The molecule has 8 nitrogen and oxygen atoms in total. The third-order valence-electron chi connectivity index (χ3n) is 6.55. The standard InChI is InChI=1S/C25H29N5O3/c1-32-21-7-5-19(6-8-21)16-28-23(31)22-18-30-15-12-27-24(30)25(33-22)9-13-29(14-10-25)17-20-4-2-3-11-26-20/h2-8,11-12,15,22H,9-10,13-14,16-18H2,1H3,(H,28,31)/t22-/m0/s1. The number of hydrogen-bond acceptors (Lipinski definition) is 6. The molecule has 0 bridgehead atoms. The molecule has 1 aromatic carbocycles. The van der Waals surface area contributed by atoms with E-state index in [1.807, 2.05) is 48.8 Å². The average molecular weight is 448 g/mol. The monoisotopic (exact) mass is 447 g/mol. The lowest BCUT2D eigenvalue weighted by Gasteiger charge is -2.45. The van der Waals surface area contributed by atoms with Gasteiger partial charge in [0.25, 0.3) is 5.91 Å². The molecule has 172 valence electrons. The molecule has 1 fully saturated rings. The molecule has 3 aromatic rings. The van der Waals surface area contributed by atoms with Gasteiger partial charge in [-0.1, -0.05) is 18.2 Å². The lowest BCUT2D eigenvalue weighted by atomic mass is 9.88. The van der Waals surface area contributed by atoms with Crippen molar-refractivity contribution < 1.29 is 14.3 Å². The van der Waals surface area contributed by atoms with Gasteiger partial charge in [-0.05, 0) is 42.7 Å². The molecule has 0 aliphatic carbocycles. The minimum absolute atomic E-state index is 0.0968. The first-order valence-corrected chi connectivity index (χ1v) is 11.4. The van der Waals surface area contributed by atoms with Crippen LogP contribution < -0.4 is 10.1 Å². The van der Waals surface area contributed by atoms with Gasteiger partial charge in [0.15, 0.2) is 6.10 Å². The first-order chi connectivity index (χ1) is 16.1. The molecular weight excluding hydrogens is 418 g/mol. The van der Waals surface area contributed by atoms with Crippen LogP contribution in [-0.4, -0.2) is 51.6 Å². The van der Waals surface area contributed by atoms with Crippen LogP contribution in [0.4, 0.5) is 0 Å². The number of ether oxygens (including phenoxy) is 2. The summed E-state index contributed by atoms with van der Waals surface area (Å²) in [6.07, 6.45) is 6.62. The Bertz CT molecular complexity index is 1070. The van der Waals surface area contributed by atoms with E-state index < -0.39 is 11.7 Å². The van der Waals surface area contributed by atoms with Crippen molar-refractivity contribution in [1.29, 1.82) is 0 Å². The number of carbonyl (C=O) groups is 1. The Kier molecular flexibility index (Phi) is 6.11. The molecule has 2 aromatic heterocycles. The minimum Gasteiger partial charge on any atom is -0.497 e. The van der Waals surface area contributed by atoms with E-state index in [0.29, 0.717) is 13.1 Å². The summed E-state index contributed by atoms with van der Waals surface area (Å²) >= 11 is 0. The van der Waals surface area contributed by atoms with Gasteiger partial charge in [0.1, 0.15) is 17.2 Å². The first kappa shape index (κ1) is 21.6. The maximum Gasteiger partial charge on any atom is 0.251 e. The maximum atomic E-state index is 13.0. The molecule has 33 heavy (non-hydrogen) atoms. The van der Waals surface area contributed by atoms with Crippen LogP contribution in [0.1, 0.15) is 29.9 Å². The van der Waals surface area contributed by atoms with Gasteiger partial charge >= 0.3 is 0 Å². The van der Waals surface area contributed by atoms with Crippen LogP contribution in [0.5, 0.6) is 5.75 Å². The number of nitrogens with one attached hydrogen (secondary N) is 1. The predicted octanol–water partition coefficient (Wildman–Crippen LogP) is 2.49. The highest BCUT2D eigenvalue weighted by molar-refractivity contribution is 5.81. The Morgan fingerprint density at radius 3 is 2.70 bits per heavy atom. The molecule has 2 aliphatic rings. The van der Waals surface area contributed by atoms with Gasteiger partial charge in [0.2, 0.25) is 0 Å². The molecule has 1 atom stereocenters. The lowest BCUT2D eigenvalue weighted by molar-refractivity contribution is -0.174. The van der Waals surface area contributed by atoms with Gasteiger partial charge in [0.05, 0.1) is 19.3 Å². The molecular formula is C25H29N5O3. The Morgan fingerprint density at radius 1 is 1.15 bits per heavy atom. The van der Waals surface area contributed by atoms with Crippen molar-refractivity contribution in [3.8, 4) is 5.75 Å². The van der Waals surface area contributed by atoms with E-state index in [1.54, 1.807) is 13.3 Å². The number of nitrogens with zero attached hydrogens (tertiary/aromatic N) is 4. The van der Waals surface area contributed by atoms with Crippen LogP contribution in [0.15, 0.2) is 61.1 Å². The zero-order valence-electron chi connectivity index (χ0n) is 18.8. The van der Waals surface area contributed by atoms with Crippen LogP contribution >= 0.6 is 0 Å². The summed E-state index contributed by atoms with van der Waals surface area (Å²) in [7, 11) is 1.64. The number of rotatable bonds is 6. The van der Waals surface area contributed by atoms with Gasteiger partial charge in [-0.25, -0.2) is 4.98 Å². The van der Waals surface area contributed by atoms with E-state index in [1.165, 1.54) is 0 Å². The summed E-state index contributed by atoms with van der Waals surface area (Å²) in [6.45, 7) is 3.47. The Hall–Kier alpha value is -3.23. The molecule has 1 spiro atoms. The van der Waals surface area contributed by atoms with E-state index in [2.05, 4.69) is 30.8 Å². The minimum atomic E-state index is -0.549. The maximum absolute atomic E-state index is 13.0. The van der Waals surface area contributed by atoms with Crippen molar-refractivity contribution in [3.63, 3.8) is 0 Å². The Morgan fingerprint density at radius 2 is 1.97 bits per heavy atom. The number of fused-ring (bicyclic) bond motifs is 2.